The average Bonchev–Trinajstić information content (AvgIpc) is 1.97. The second-order valence-electron chi connectivity index (χ2n) is 2.24. The number of hydrogen-bond donors (Lipinski definition) is 0. The van der Waals surface area contributed by atoms with Crippen LogP contribution in [0, 0.1) is 13.8 Å². The maximum atomic E-state index is 9.61. The molecule has 1 rings (SSSR count). The monoisotopic (exact) mass is 154 g/mol. The fraction of sp³-hybridized carbons (Fsp3) is 0.222. The van der Waals surface area contributed by atoms with E-state index in [1.807, 2.05) is 0 Å². The number of carbonyl (C=O) groups is 1. The van der Waals surface area contributed by atoms with Gasteiger partial charge in [0.15, 0.2) is 0 Å². The summed E-state index contributed by atoms with van der Waals surface area (Å²) in [6.07, 6.45) is 0. The van der Waals surface area contributed by atoms with Crippen molar-refractivity contribution in [2.45, 2.75) is 13.8 Å². The van der Waals surface area contributed by atoms with Crippen LogP contribution >= 0.6 is 0 Å². The lowest BCUT2D eigenvalue weighted by atomic mass is 10.2. The van der Waals surface area contributed by atoms with Gasteiger partial charge in [0, 0.05) is 0 Å². The molecule has 1 aromatic carbocycles. The van der Waals surface area contributed by atoms with Crippen molar-refractivity contribution in [1.29, 1.82) is 0 Å². The average molecular weight is 154 g/mol. The number of aryl methyl sites for hydroxylation is 2. The van der Waals surface area contributed by atoms with Crippen LogP contribution in [0.4, 0.5) is 4.39 Å². The SMILES string of the molecule is Cc1ccc(C)cc1.O=CF. The fourth-order valence-corrected chi connectivity index (χ4v) is 0.637. The molecule has 0 amide bonds. The van der Waals surface area contributed by atoms with Crippen LogP contribution in [0.25, 0.3) is 0 Å². The number of carbonyl (C=O) groups excluding carboxylic acids is 1. The van der Waals surface area contributed by atoms with Gasteiger partial charge in [-0.25, -0.2) is 0 Å². The van der Waals surface area contributed by atoms with Crippen molar-refractivity contribution < 1.29 is 9.18 Å². The predicted octanol–water partition coefficient (Wildman–Crippen LogP) is 2.45. The van der Waals surface area contributed by atoms with Crippen molar-refractivity contribution in [3.05, 3.63) is 35.4 Å². The summed E-state index contributed by atoms with van der Waals surface area (Å²) in [5.74, 6) is 0. The number of benzene rings is 1. The van der Waals surface area contributed by atoms with Crippen LogP contribution in [0.3, 0.4) is 0 Å². The number of rotatable bonds is 0. The van der Waals surface area contributed by atoms with Crippen LogP contribution in [0.5, 0.6) is 0 Å². The lowest BCUT2D eigenvalue weighted by molar-refractivity contribution is 0.510. The molecule has 0 aliphatic heterocycles. The van der Waals surface area contributed by atoms with Gasteiger partial charge in [0.25, 0.3) is 6.54 Å². The first-order valence-corrected chi connectivity index (χ1v) is 3.28. The van der Waals surface area contributed by atoms with Gasteiger partial charge < -0.3 is 0 Å². The van der Waals surface area contributed by atoms with Crippen LogP contribution < -0.4 is 0 Å². The van der Waals surface area contributed by atoms with Gasteiger partial charge in [-0.1, -0.05) is 35.4 Å². The summed E-state index contributed by atoms with van der Waals surface area (Å²) in [4.78, 5) is 8.14. The summed E-state index contributed by atoms with van der Waals surface area (Å²) in [6.45, 7) is 3.44. The summed E-state index contributed by atoms with van der Waals surface area (Å²) in [5.41, 5.74) is 2.66. The van der Waals surface area contributed by atoms with Gasteiger partial charge >= 0.3 is 0 Å². The molecule has 0 bridgehead atoms. The van der Waals surface area contributed by atoms with E-state index in [-0.39, 0.29) is 0 Å². The lowest BCUT2D eigenvalue weighted by Gasteiger charge is -1.90. The molecular formula is C9H11FO. The highest BCUT2D eigenvalue weighted by atomic mass is 19.1. The topological polar surface area (TPSA) is 17.1 Å². The van der Waals surface area contributed by atoms with E-state index >= 15 is 0 Å². The Hall–Kier alpha value is -1.18. The van der Waals surface area contributed by atoms with Crippen molar-refractivity contribution in [3.63, 3.8) is 0 Å². The van der Waals surface area contributed by atoms with Gasteiger partial charge in [0.2, 0.25) is 0 Å². The quantitative estimate of drug-likeness (QED) is 0.414. The fourth-order valence-electron chi connectivity index (χ4n) is 0.637. The van der Waals surface area contributed by atoms with E-state index < -0.39 is 6.54 Å². The highest BCUT2D eigenvalue weighted by Crippen LogP contribution is 1.99. The molecule has 2 heteroatoms. The second kappa shape index (κ2) is 5.59. The molecule has 1 nitrogen and oxygen atoms in total. The Morgan fingerprint density at radius 1 is 1.09 bits per heavy atom. The molecule has 0 aliphatic rings. The molecule has 0 spiro atoms. The molecule has 1 aromatic rings. The van der Waals surface area contributed by atoms with Gasteiger partial charge in [0.05, 0.1) is 0 Å². The summed E-state index contributed by atoms with van der Waals surface area (Å²) >= 11 is 0. The van der Waals surface area contributed by atoms with Gasteiger partial charge in [-0.15, -0.1) is 0 Å². The van der Waals surface area contributed by atoms with Crippen molar-refractivity contribution in [1.82, 2.24) is 0 Å². The molecule has 0 atom stereocenters. The third-order valence-corrected chi connectivity index (χ3v) is 1.22. The van der Waals surface area contributed by atoms with Crippen LogP contribution in [-0.4, -0.2) is 6.54 Å². The molecule has 0 aliphatic carbocycles. The second-order valence-corrected chi connectivity index (χ2v) is 2.24. The van der Waals surface area contributed by atoms with Crippen molar-refractivity contribution in [2.24, 2.45) is 0 Å². The molecule has 0 N–H and O–H groups in total. The third-order valence-electron chi connectivity index (χ3n) is 1.22. The van der Waals surface area contributed by atoms with Crippen LogP contribution in [-0.2, 0) is 4.79 Å². The molecule has 60 valence electrons. The summed E-state index contributed by atoms with van der Waals surface area (Å²) in [5, 5.41) is 0. The maximum Gasteiger partial charge on any atom is 0.289 e. The standard InChI is InChI=1S/C8H10.CHFO/c1-7-3-5-8(2)6-4-7;2-1-3/h3-6H,1-2H3;1H. The van der Waals surface area contributed by atoms with Gasteiger partial charge in [0.1, 0.15) is 0 Å². The highest BCUT2D eigenvalue weighted by molar-refractivity contribution is 5.35. The van der Waals surface area contributed by atoms with E-state index in [4.69, 9.17) is 4.79 Å². The Labute approximate surface area is 65.9 Å². The first-order chi connectivity index (χ1) is 5.20. The summed E-state index contributed by atoms with van der Waals surface area (Å²) in [7, 11) is 0. The molecule has 0 aromatic heterocycles. The zero-order valence-corrected chi connectivity index (χ0v) is 6.67. The Balaban J connectivity index is 0.000000292. The van der Waals surface area contributed by atoms with E-state index in [1.165, 1.54) is 11.1 Å². The normalized spacial score (nSPS) is 7.91. The van der Waals surface area contributed by atoms with E-state index in [2.05, 4.69) is 38.1 Å². The van der Waals surface area contributed by atoms with Crippen molar-refractivity contribution in [2.75, 3.05) is 0 Å². The molecule has 0 saturated carbocycles. The molecule has 0 radical (unpaired) electrons. The van der Waals surface area contributed by atoms with E-state index in [0.717, 1.165) is 0 Å². The lowest BCUT2D eigenvalue weighted by Crippen LogP contribution is -1.70. The Kier molecular flexibility index (Phi) is 4.99. The van der Waals surface area contributed by atoms with Crippen molar-refractivity contribution in [3.8, 4) is 0 Å². The van der Waals surface area contributed by atoms with E-state index in [9.17, 15) is 4.39 Å². The van der Waals surface area contributed by atoms with Crippen LogP contribution in [0.1, 0.15) is 11.1 Å². The Bertz CT molecular complexity index is 182. The number of halogens is 1. The predicted molar refractivity (Wildman–Crippen MR) is 43.8 cm³/mol. The van der Waals surface area contributed by atoms with Gasteiger partial charge in [-0.2, -0.15) is 4.39 Å². The molecule has 0 unspecified atom stereocenters. The van der Waals surface area contributed by atoms with Crippen molar-refractivity contribution >= 4 is 6.54 Å². The van der Waals surface area contributed by atoms with Crippen LogP contribution in [0.2, 0.25) is 0 Å². The maximum absolute atomic E-state index is 9.61. The largest absolute Gasteiger partial charge is 0.289 e. The Morgan fingerprint density at radius 3 is 1.45 bits per heavy atom. The molecule has 0 fully saturated rings. The summed E-state index contributed by atoms with van der Waals surface area (Å²) in [6, 6.07) is 8.48. The minimum absolute atomic E-state index is 0.750. The third kappa shape index (κ3) is 5.27. The first-order valence-electron chi connectivity index (χ1n) is 3.28. The van der Waals surface area contributed by atoms with E-state index in [1.54, 1.807) is 0 Å². The molecule has 0 saturated heterocycles. The summed E-state index contributed by atoms with van der Waals surface area (Å²) < 4.78 is 9.61. The number of hydrogen-bond acceptors (Lipinski definition) is 1. The molecule has 11 heavy (non-hydrogen) atoms. The van der Waals surface area contributed by atoms with Crippen LogP contribution in [0.15, 0.2) is 24.3 Å². The minimum Gasteiger partial charge on any atom is -0.265 e. The van der Waals surface area contributed by atoms with Gasteiger partial charge in [-0.05, 0) is 13.8 Å². The van der Waals surface area contributed by atoms with E-state index in [0.29, 0.717) is 0 Å². The molecular weight excluding hydrogens is 143 g/mol. The highest BCUT2D eigenvalue weighted by Gasteiger charge is 1.79. The molecule has 0 heterocycles. The van der Waals surface area contributed by atoms with Gasteiger partial charge in [-0.3, -0.25) is 4.79 Å². The zero-order valence-electron chi connectivity index (χ0n) is 6.67. The zero-order chi connectivity index (χ0) is 8.69. The Morgan fingerprint density at radius 2 is 1.27 bits per heavy atom. The smallest absolute Gasteiger partial charge is 0.265 e. The first kappa shape index (κ1) is 9.82. The minimum atomic E-state index is -0.750.